The van der Waals surface area contributed by atoms with Crippen molar-refractivity contribution >= 4 is 79.1 Å². The van der Waals surface area contributed by atoms with E-state index in [9.17, 15) is 0 Å². The molecule has 0 N–H and O–H groups in total. The summed E-state index contributed by atoms with van der Waals surface area (Å²) in [6.07, 6.45) is 1.82. The molecule has 0 atom stereocenters. The van der Waals surface area contributed by atoms with Gasteiger partial charge < -0.3 is 0 Å². The van der Waals surface area contributed by atoms with Crippen molar-refractivity contribution in [2.24, 2.45) is 0 Å². The zero-order chi connectivity index (χ0) is 16.7. The lowest BCUT2D eigenvalue weighted by Crippen LogP contribution is -1.92. The summed E-state index contributed by atoms with van der Waals surface area (Å²) in [6.45, 7) is 0. The number of benzene rings is 2. The Labute approximate surface area is 172 Å². The van der Waals surface area contributed by atoms with Gasteiger partial charge in [0.2, 0.25) is 0 Å². The van der Waals surface area contributed by atoms with Crippen molar-refractivity contribution in [1.82, 2.24) is 0 Å². The van der Waals surface area contributed by atoms with Gasteiger partial charge in [-0.3, -0.25) is 0 Å². The van der Waals surface area contributed by atoms with E-state index in [-0.39, 0.29) is 0 Å². The molecule has 0 bridgehead atoms. The van der Waals surface area contributed by atoms with Crippen LogP contribution in [0, 0.1) is 0 Å². The summed E-state index contributed by atoms with van der Waals surface area (Å²) in [4.78, 5) is 0. The lowest BCUT2D eigenvalue weighted by molar-refractivity contribution is 0.753. The van der Waals surface area contributed by atoms with Crippen LogP contribution in [0.4, 0.5) is 0 Å². The van der Waals surface area contributed by atoms with Crippen LogP contribution >= 0.6 is 79.1 Å². The molecule has 0 fully saturated rings. The first kappa shape index (κ1) is 20.0. The molecule has 0 aliphatic heterocycles. The lowest BCUT2D eigenvalue weighted by atomic mass is 10.2. The SMILES string of the molecule is Clc1ccc(Br)c(CCSOSCCc2cc(Cl)ccc2Br)c1. The van der Waals surface area contributed by atoms with E-state index in [0.29, 0.717) is 0 Å². The minimum atomic E-state index is 0.760. The first-order chi connectivity index (χ1) is 11.1. The van der Waals surface area contributed by atoms with Gasteiger partial charge in [-0.25, -0.2) is 3.63 Å². The monoisotopic (exact) mass is 514 g/mol. The summed E-state index contributed by atoms with van der Waals surface area (Å²) < 4.78 is 7.72. The Morgan fingerprint density at radius 1 is 0.783 bits per heavy atom. The van der Waals surface area contributed by atoms with E-state index >= 15 is 0 Å². The molecule has 2 aromatic rings. The van der Waals surface area contributed by atoms with Gasteiger partial charge in [0.1, 0.15) is 0 Å². The molecule has 23 heavy (non-hydrogen) atoms. The van der Waals surface area contributed by atoms with Crippen LogP contribution in [0.2, 0.25) is 10.0 Å². The van der Waals surface area contributed by atoms with Crippen LogP contribution in [-0.2, 0) is 16.5 Å². The van der Waals surface area contributed by atoms with Gasteiger partial charge in [-0.1, -0.05) is 55.1 Å². The third-order valence-corrected chi connectivity index (χ3v) is 6.55. The minimum Gasteiger partial charge on any atom is -0.247 e. The van der Waals surface area contributed by atoms with Crippen LogP contribution in [0.1, 0.15) is 11.1 Å². The summed E-state index contributed by atoms with van der Waals surface area (Å²) in [7, 11) is 0. The minimum absolute atomic E-state index is 0.760. The fraction of sp³-hybridized carbons (Fsp3) is 0.250. The molecule has 7 heteroatoms. The average Bonchev–Trinajstić information content (AvgIpc) is 2.52. The highest BCUT2D eigenvalue weighted by Crippen LogP contribution is 2.26. The van der Waals surface area contributed by atoms with Crippen LogP contribution < -0.4 is 0 Å². The lowest BCUT2D eigenvalue weighted by Gasteiger charge is -2.06. The third kappa shape index (κ3) is 7.18. The van der Waals surface area contributed by atoms with Gasteiger partial charge in [-0.05, 0) is 60.4 Å². The van der Waals surface area contributed by atoms with E-state index in [0.717, 1.165) is 43.3 Å². The highest BCUT2D eigenvalue weighted by molar-refractivity contribution is 9.10. The Kier molecular flexibility index (Phi) is 9.19. The van der Waals surface area contributed by atoms with E-state index in [1.165, 1.54) is 35.2 Å². The van der Waals surface area contributed by atoms with Crippen LogP contribution in [0.5, 0.6) is 0 Å². The maximum absolute atomic E-state index is 6.00. The molecule has 0 saturated carbocycles. The Balaban J connectivity index is 1.63. The van der Waals surface area contributed by atoms with Crippen LogP contribution in [-0.4, -0.2) is 11.5 Å². The Bertz CT molecular complexity index is 600. The van der Waals surface area contributed by atoms with Gasteiger partial charge in [0.05, 0.1) is 0 Å². The number of halogens is 4. The molecule has 0 heterocycles. The van der Waals surface area contributed by atoms with Crippen LogP contribution in [0.3, 0.4) is 0 Å². The highest BCUT2D eigenvalue weighted by Gasteiger charge is 2.03. The quantitative estimate of drug-likeness (QED) is 0.264. The topological polar surface area (TPSA) is 9.23 Å². The second-order valence-electron chi connectivity index (χ2n) is 4.68. The number of aryl methyl sites for hydroxylation is 2. The molecule has 0 amide bonds. The molecule has 0 aliphatic rings. The largest absolute Gasteiger partial charge is 0.247 e. The number of hydrogen-bond acceptors (Lipinski definition) is 3. The van der Waals surface area contributed by atoms with Crippen molar-refractivity contribution in [3.05, 3.63) is 66.5 Å². The Morgan fingerprint density at radius 3 is 1.65 bits per heavy atom. The summed E-state index contributed by atoms with van der Waals surface area (Å²) >= 11 is 22.0. The maximum atomic E-state index is 6.00. The summed E-state index contributed by atoms with van der Waals surface area (Å²) in [6, 6.07) is 11.7. The molecule has 2 aromatic carbocycles. The highest BCUT2D eigenvalue weighted by atomic mass is 79.9. The summed E-state index contributed by atoms with van der Waals surface area (Å²) in [5.74, 6) is 1.76. The van der Waals surface area contributed by atoms with Crippen molar-refractivity contribution in [3.63, 3.8) is 0 Å². The molecule has 124 valence electrons. The van der Waals surface area contributed by atoms with E-state index in [1.54, 1.807) is 0 Å². The Hall–Kier alpha value is 0.640. The van der Waals surface area contributed by atoms with Crippen molar-refractivity contribution in [2.45, 2.75) is 12.8 Å². The normalized spacial score (nSPS) is 11.0. The van der Waals surface area contributed by atoms with E-state index in [4.69, 9.17) is 26.8 Å². The molecule has 0 spiro atoms. The van der Waals surface area contributed by atoms with Gasteiger partial charge in [0.15, 0.2) is 0 Å². The standard InChI is InChI=1S/C16H14Br2Cl2OS2/c17-15-3-1-13(19)9-11(15)5-7-22-21-23-8-6-12-10-14(20)2-4-16(12)18/h1-4,9-10H,5-8H2. The zero-order valence-corrected chi connectivity index (χ0v) is 18.3. The van der Waals surface area contributed by atoms with Gasteiger partial charge in [-0.15, -0.1) is 0 Å². The molecule has 0 aromatic heterocycles. The fourth-order valence-electron chi connectivity index (χ4n) is 1.88. The van der Waals surface area contributed by atoms with Gasteiger partial charge in [0.25, 0.3) is 0 Å². The Morgan fingerprint density at radius 2 is 1.22 bits per heavy atom. The summed E-state index contributed by atoms with van der Waals surface area (Å²) in [5.41, 5.74) is 2.39. The molecule has 0 aliphatic carbocycles. The second-order valence-corrected chi connectivity index (χ2v) is 9.10. The predicted molar refractivity (Wildman–Crippen MR) is 112 cm³/mol. The smallest absolute Gasteiger partial charge is 0.0409 e. The number of hydrogen-bond donors (Lipinski definition) is 0. The van der Waals surface area contributed by atoms with Crippen molar-refractivity contribution in [2.75, 3.05) is 11.5 Å². The van der Waals surface area contributed by atoms with Gasteiger partial charge >= 0.3 is 0 Å². The number of rotatable bonds is 8. The van der Waals surface area contributed by atoms with Crippen molar-refractivity contribution in [1.29, 1.82) is 0 Å². The third-order valence-electron chi connectivity index (χ3n) is 3.02. The molecule has 0 unspecified atom stereocenters. The summed E-state index contributed by atoms with van der Waals surface area (Å²) in [5, 5.41) is 1.52. The molecular weight excluding hydrogens is 503 g/mol. The fourth-order valence-corrected chi connectivity index (χ4v) is 4.58. The van der Waals surface area contributed by atoms with Crippen LogP contribution in [0.25, 0.3) is 0 Å². The van der Waals surface area contributed by atoms with E-state index in [1.807, 2.05) is 36.4 Å². The van der Waals surface area contributed by atoms with E-state index < -0.39 is 0 Å². The first-order valence-electron chi connectivity index (χ1n) is 6.85. The average molecular weight is 517 g/mol. The predicted octanol–water partition coefficient (Wildman–Crippen LogP) is 7.62. The molecular formula is C16H14Br2Cl2OS2. The first-order valence-corrected chi connectivity index (χ1v) is 11.0. The molecule has 1 nitrogen and oxygen atoms in total. The van der Waals surface area contributed by atoms with E-state index in [2.05, 4.69) is 31.9 Å². The molecule has 0 saturated heterocycles. The molecule has 2 rings (SSSR count). The van der Waals surface area contributed by atoms with Crippen molar-refractivity contribution < 1.29 is 3.63 Å². The zero-order valence-electron chi connectivity index (χ0n) is 12.0. The second kappa shape index (κ2) is 10.6. The van der Waals surface area contributed by atoms with Crippen LogP contribution in [0.15, 0.2) is 45.3 Å². The maximum Gasteiger partial charge on any atom is 0.0409 e. The molecule has 0 radical (unpaired) electrons. The van der Waals surface area contributed by atoms with Gasteiger partial charge in [-0.2, -0.15) is 0 Å². The van der Waals surface area contributed by atoms with Gasteiger partial charge in [0, 0.05) is 54.6 Å². The van der Waals surface area contributed by atoms with Crippen molar-refractivity contribution in [3.8, 4) is 0 Å².